The van der Waals surface area contributed by atoms with E-state index >= 15 is 0 Å². The standard InChI is InChI=1S/C13H26N2OS/c1-3-15-13(2,12(14)16)9-6-10-17-11-7-4-5-8-11/h11,15H,3-10H2,1-2H3,(H2,14,16). The van der Waals surface area contributed by atoms with Gasteiger partial charge in [0.15, 0.2) is 0 Å². The summed E-state index contributed by atoms with van der Waals surface area (Å²) in [6.07, 6.45) is 7.46. The summed E-state index contributed by atoms with van der Waals surface area (Å²) in [7, 11) is 0. The molecule has 0 saturated heterocycles. The van der Waals surface area contributed by atoms with Gasteiger partial charge in [-0.25, -0.2) is 0 Å². The lowest BCUT2D eigenvalue weighted by molar-refractivity contribution is -0.124. The Morgan fingerprint density at radius 1 is 1.47 bits per heavy atom. The molecule has 1 atom stereocenters. The Kier molecular flexibility index (Phi) is 6.34. The second-order valence-corrected chi connectivity index (χ2v) is 6.52. The molecule has 1 aliphatic rings. The molecule has 1 rings (SSSR count). The van der Waals surface area contributed by atoms with E-state index in [4.69, 9.17) is 5.73 Å². The summed E-state index contributed by atoms with van der Waals surface area (Å²) in [4.78, 5) is 11.4. The van der Waals surface area contributed by atoms with Gasteiger partial charge in [-0.05, 0) is 44.9 Å². The molecule has 1 fully saturated rings. The van der Waals surface area contributed by atoms with Gasteiger partial charge in [-0.1, -0.05) is 19.8 Å². The zero-order valence-corrected chi connectivity index (χ0v) is 11.9. The lowest BCUT2D eigenvalue weighted by atomic mass is 9.95. The third kappa shape index (κ3) is 4.88. The molecule has 0 spiro atoms. The second-order valence-electron chi connectivity index (χ2n) is 5.11. The van der Waals surface area contributed by atoms with Gasteiger partial charge in [0, 0.05) is 5.25 Å². The van der Waals surface area contributed by atoms with Gasteiger partial charge in [0.05, 0.1) is 5.54 Å². The Morgan fingerprint density at radius 2 is 2.12 bits per heavy atom. The predicted octanol–water partition coefficient (Wildman–Crippen LogP) is 2.30. The van der Waals surface area contributed by atoms with E-state index in [1.165, 1.54) is 25.7 Å². The zero-order valence-electron chi connectivity index (χ0n) is 11.1. The molecule has 3 N–H and O–H groups in total. The Morgan fingerprint density at radius 3 is 2.65 bits per heavy atom. The van der Waals surface area contributed by atoms with Crippen molar-refractivity contribution in [3.63, 3.8) is 0 Å². The molecular formula is C13H26N2OS. The van der Waals surface area contributed by atoms with Crippen molar-refractivity contribution in [3.05, 3.63) is 0 Å². The lowest BCUT2D eigenvalue weighted by Gasteiger charge is -2.27. The zero-order chi connectivity index (χ0) is 12.7. The molecule has 0 aromatic rings. The molecule has 1 saturated carbocycles. The molecule has 1 amide bonds. The van der Waals surface area contributed by atoms with Crippen molar-refractivity contribution < 1.29 is 4.79 Å². The molecule has 0 aromatic carbocycles. The van der Waals surface area contributed by atoms with Crippen molar-refractivity contribution in [2.24, 2.45) is 5.73 Å². The van der Waals surface area contributed by atoms with Gasteiger partial charge >= 0.3 is 0 Å². The van der Waals surface area contributed by atoms with Gasteiger partial charge in [-0.3, -0.25) is 4.79 Å². The van der Waals surface area contributed by atoms with E-state index in [9.17, 15) is 4.79 Å². The van der Waals surface area contributed by atoms with Crippen molar-refractivity contribution in [3.8, 4) is 0 Å². The highest BCUT2D eigenvalue weighted by Crippen LogP contribution is 2.30. The SMILES string of the molecule is CCNC(C)(CCCSC1CCCC1)C(N)=O. The van der Waals surface area contributed by atoms with E-state index < -0.39 is 5.54 Å². The first-order valence-corrected chi connectivity index (χ1v) is 7.80. The number of carbonyl (C=O) groups excluding carboxylic acids is 1. The van der Waals surface area contributed by atoms with Crippen LogP contribution in [-0.2, 0) is 4.79 Å². The molecule has 1 aliphatic carbocycles. The molecule has 17 heavy (non-hydrogen) atoms. The first-order valence-electron chi connectivity index (χ1n) is 6.75. The molecule has 0 radical (unpaired) electrons. The molecule has 3 nitrogen and oxygen atoms in total. The fourth-order valence-electron chi connectivity index (χ4n) is 2.42. The van der Waals surface area contributed by atoms with Gasteiger partial charge in [0.25, 0.3) is 0 Å². The van der Waals surface area contributed by atoms with Crippen LogP contribution >= 0.6 is 11.8 Å². The number of thioether (sulfide) groups is 1. The van der Waals surface area contributed by atoms with E-state index in [-0.39, 0.29) is 5.91 Å². The Hall–Kier alpha value is -0.220. The number of likely N-dealkylation sites (N-methyl/N-ethyl adjacent to an activating group) is 1. The van der Waals surface area contributed by atoms with Gasteiger partial charge < -0.3 is 11.1 Å². The summed E-state index contributed by atoms with van der Waals surface area (Å²) < 4.78 is 0. The van der Waals surface area contributed by atoms with Crippen LogP contribution in [0.1, 0.15) is 52.4 Å². The molecule has 4 heteroatoms. The minimum atomic E-state index is -0.523. The van der Waals surface area contributed by atoms with E-state index in [0.717, 1.165) is 30.4 Å². The number of primary amides is 1. The lowest BCUT2D eigenvalue weighted by Crippen LogP contribution is -2.53. The van der Waals surface area contributed by atoms with Crippen LogP contribution in [0.3, 0.4) is 0 Å². The van der Waals surface area contributed by atoms with E-state index in [2.05, 4.69) is 17.1 Å². The number of hydrogen-bond acceptors (Lipinski definition) is 3. The maximum absolute atomic E-state index is 11.4. The van der Waals surface area contributed by atoms with E-state index in [0.29, 0.717) is 0 Å². The fourth-order valence-corrected chi connectivity index (χ4v) is 3.73. The van der Waals surface area contributed by atoms with Crippen LogP contribution in [0.15, 0.2) is 0 Å². The number of amides is 1. The highest BCUT2D eigenvalue weighted by atomic mass is 32.2. The third-order valence-corrected chi connectivity index (χ3v) is 5.05. The predicted molar refractivity (Wildman–Crippen MR) is 75.2 cm³/mol. The summed E-state index contributed by atoms with van der Waals surface area (Å²) in [5.41, 5.74) is 4.93. The number of carbonyl (C=O) groups is 1. The van der Waals surface area contributed by atoms with Crippen LogP contribution in [0.5, 0.6) is 0 Å². The summed E-state index contributed by atoms with van der Waals surface area (Å²) in [5.74, 6) is 0.920. The average molecular weight is 258 g/mol. The second kappa shape index (κ2) is 7.27. The van der Waals surface area contributed by atoms with Gasteiger partial charge in [0.2, 0.25) is 5.91 Å². The van der Waals surface area contributed by atoms with Crippen LogP contribution in [0.25, 0.3) is 0 Å². The van der Waals surface area contributed by atoms with E-state index in [1.807, 2.05) is 13.8 Å². The monoisotopic (exact) mass is 258 g/mol. The summed E-state index contributed by atoms with van der Waals surface area (Å²) in [6, 6.07) is 0. The van der Waals surface area contributed by atoms with Crippen molar-refractivity contribution in [2.45, 2.75) is 63.2 Å². The highest BCUT2D eigenvalue weighted by molar-refractivity contribution is 7.99. The van der Waals surface area contributed by atoms with Crippen molar-refractivity contribution in [2.75, 3.05) is 12.3 Å². The number of rotatable bonds is 8. The first-order chi connectivity index (χ1) is 8.08. The van der Waals surface area contributed by atoms with Crippen molar-refractivity contribution in [1.82, 2.24) is 5.32 Å². The van der Waals surface area contributed by atoms with Gasteiger partial charge in [-0.15, -0.1) is 0 Å². The van der Waals surface area contributed by atoms with Gasteiger partial charge in [-0.2, -0.15) is 11.8 Å². The molecule has 0 bridgehead atoms. The maximum Gasteiger partial charge on any atom is 0.237 e. The maximum atomic E-state index is 11.4. The van der Waals surface area contributed by atoms with Crippen LogP contribution < -0.4 is 11.1 Å². The number of nitrogens with two attached hydrogens (primary N) is 1. The summed E-state index contributed by atoms with van der Waals surface area (Å²) in [5, 5.41) is 4.07. The Bertz CT molecular complexity index is 242. The topological polar surface area (TPSA) is 55.1 Å². The van der Waals surface area contributed by atoms with Crippen molar-refractivity contribution >= 4 is 17.7 Å². The summed E-state index contributed by atoms with van der Waals surface area (Å²) >= 11 is 2.07. The Labute approximate surface area is 109 Å². The molecule has 0 aliphatic heterocycles. The normalized spacial score (nSPS) is 20.4. The molecule has 0 aromatic heterocycles. The van der Waals surface area contributed by atoms with Crippen LogP contribution in [0.4, 0.5) is 0 Å². The first kappa shape index (κ1) is 14.8. The third-order valence-electron chi connectivity index (χ3n) is 3.59. The minimum absolute atomic E-state index is 0.231. The average Bonchev–Trinajstić information content (AvgIpc) is 2.77. The molecular weight excluding hydrogens is 232 g/mol. The number of nitrogens with one attached hydrogen (secondary N) is 1. The van der Waals surface area contributed by atoms with Crippen LogP contribution in [0.2, 0.25) is 0 Å². The molecule has 100 valence electrons. The smallest absolute Gasteiger partial charge is 0.237 e. The van der Waals surface area contributed by atoms with Crippen LogP contribution in [0, 0.1) is 0 Å². The minimum Gasteiger partial charge on any atom is -0.368 e. The number of hydrogen-bond donors (Lipinski definition) is 2. The Balaban J connectivity index is 2.20. The summed E-state index contributed by atoms with van der Waals surface area (Å²) in [6.45, 7) is 4.71. The molecule has 1 unspecified atom stereocenters. The highest BCUT2D eigenvalue weighted by Gasteiger charge is 2.29. The van der Waals surface area contributed by atoms with Crippen molar-refractivity contribution in [1.29, 1.82) is 0 Å². The largest absolute Gasteiger partial charge is 0.368 e. The van der Waals surface area contributed by atoms with E-state index in [1.54, 1.807) is 0 Å². The van der Waals surface area contributed by atoms with Crippen LogP contribution in [-0.4, -0.2) is 29.0 Å². The quantitative estimate of drug-likeness (QED) is 0.657. The van der Waals surface area contributed by atoms with Gasteiger partial charge in [0.1, 0.15) is 0 Å². The fraction of sp³-hybridized carbons (Fsp3) is 0.923. The molecule has 0 heterocycles.